The minimum atomic E-state index is -4.37. The first kappa shape index (κ1) is 13.8. The van der Waals surface area contributed by atoms with E-state index in [-0.39, 0.29) is 0 Å². The Kier molecular flexibility index (Phi) is 5.19. The zero-order valence-corrected chi connectivity index (χ0v) is 8.94. The lowest BCUT2D eigenvalue weighted by atomic mass is 10.3. The van der Waals surface area contributed by atoms with Gasteiger partial charge in [-0.1, -0.05) is 0 Å². The van der Waals surface area contributed by atoms with E-state index in [9.17, 15) is 18.0 Å². The minimum Gasteiger partial charge on any atom is -0.469 e. The Morgan fingerprint density at radius 3 is 2.13 bits per heavy atom. The molecule has 9 heteroatoms. The van der Waals surface area contributed by atoms with Gasteiger partial charge in [0.25, 0.3) is 10.1 Å². The van der Waals surface area contributed by atoms with Crippen molar-refractivity contribution >= 4 is 22.1 Å². The van der Waals surface area contributed by atoms with E-state index < -0.39 is 33.7 Å². The van der Waals surface area contributed by atoms with E-state index in [0.29, 0.717) is 0 Å². The zero-order chi connectivity index (χ0) is 12.1. The molecule has 15 heavy (non-hydrogen) atoms. The minimum absolute atomic E-state index is 0.720. The van der Waals surface area contributed by atoms with E-state index in [1.54, 1.807) is 0 Å². The molecule has 0 heterocycles. The highest BCUT2D eigenvalue weighted by molar-refractivity contribution is 7.88. The molecular formula is C6H11NO7S. The van der Waals surface area contributed by atoms with Gasteiger partial charge in [0.1, 0.15) is 0 Å². The molecule has 1 unspecified atom stereocenters. The van der Waals surface area contributed by atoms with Gasteiger partial charge in [-0.15, -0.1) is 0 Å². The third-order valence-corrected chi connectivity index (χ3v) is 2.85. The molecule has 0 aliphatic heterocycles. The number of carbonyl (C=O) groups excluding carboxylic acids is 2. The summed E-state index contributed by atoms with van der Waals surface area (Å²) in [5, 5.41) is -1.82. The summed E-state index contributed by atoms with van der Waals surface area (Å²) < 4.78 is 34.2. The Morgan fingerprint density at radius 1 is 1.27 bits per heavy atom. The molecule has 0 spiro atoms. The molecule has 88 valence electrons. The molecule has 0 amide bonds. The average molecular weight is 241 g/mol. The lowest BCUT2D eigenvalue weighted by Crippen LogP contribution is -2.36. The molecule has 0 aromatic carbocycles. The average Bonchev–Trinajstić information content (AvgIpc) is 2.24. The summed E-state index contributed by atoms with van der Waals surface area (Å²) in [6.45, 7) is 0. The summed E-state index contributed by atoms with van der Waals surface area (Å²) in [7, 11) is -2.36. The maximum absolute atomic E-state index is 11.1. The summed E-state index contributed by atoms with van der Waals surface area (Å²) in [5.74, 6) is 2.42. The first-order valence-electron chi connectivity index (χ1n) is 3.65. The van der Waals surface area contributed by atoms with Crippen LogP contribution in [0.2, 0.25) is 0 Å². The number of rotatable bonds is 5. The van der Waals surface area contributed by atoms with Crippen LogP contribution >= 0.6 is 0 Å². The molecule has 0 aliphatic rings. The SMILES string of the molecule is COC(=O)CC(C(=O)OC)S(=O)(=O)ON. The number of hydrogen-bond donors (Lipinski definition) is 1. The van der Waals surface area contributed by atoms with E-state index in [1.807, 2.05) is 0 Å². The van der Waals surface area contributed by atoms with Crippen molar-refractivity contribution in [2.24, 2.45) is 5.90 Å². The van der Waals surface area contributed by atoms with Crippen LogP contribution in [0.3, 0.4) is 0 Å². The van der Waals surface area contributed by atoms with Crippen LogP contribution in [0.1, 0.15) is 6.42 Å². The smallest absolute Gasteiger partial charge is 0.327 e. The van der Waals surface area contributed by atoms with Crippen LogP contribution in [-0.2, 0) is 33.5 Å². The van der Waals surface area contributed by atoms with Gasteiger partial charge in [-0.25, -0.2) is 0 Å². The molecule has 0 bridgehead atoms. The summed E-state index contributed by atoms with van der Waals surface area (Å²) in [4.78, 5) is 21.8. The Bertz CT molecular complexity index is 335. The predicted molar refractivity (Wildman–Crippen MR) is 46.6 cm³/mol. The molecule has 0 saturated carbocycles. The van der Waals surface area contributed by atoms with Crippen LogP contribution in [0.5, 0.6) is 0 Å². The Balaban J connectivity index is 4.91. The second kappa shape index (κ2) is 5.63. The van der Waals surface area contributed by atoms with Crippen LogP contribution in [0, 0.1) is 0 Å². The van der Waals surface area contributed by atoms with Crippen LogP contribution in [0.25, 0.3) is 0 Å². The summed E-state index contributed by atoms with van der Waals surface area (Å²) in [6.07, 6.45) is -0.720. The van der Waals surface area contributed by atoms with Crippen molar-refractivity contribution in [3.8, 4) is 0 Å². The van der Waals surface area contributed by atoms with Crippen molar-refractivity contribution in [1.29, 1.82) is 0 Å². The fraction of sp³-hybridized carbons (Fsp3) is 0.667. The summed E-state index contributed by atoms with van der Waals surface area (Å²) in [5.41, 5.74) is 0. The van der Waals surface area contributed by atoms with Gasteiger partial charge in [0.2, 0.25) is 0 Å². The van der Waals surface area contributed by atoms with Crippen LogP contribution in [-0.4, -0.2) is 39.8 Å². The number of esters is 2. The summed E-state index contributed by atoms with van der Waals surface area (Å²) >= 11 is 0. The van der Waals surface area contributed by atoms with Crippen molar-refractivity contribution in [3.05, 3.63) is 0 Å². The molecule has 0 radical (unpaired) electrons. The van der Waals surface area contributed by atoms with E-state index in [4.69, 9.17) is 0 Å². The van der Waals surface area contributed by atoms with E-state index in [2.05, 4.69) is 19.7 Å². The lowest BCUT2D eigenvalue weighted by Gasteiger charge is -2.11. The van der Waals surface area contributed by atoms with Gasteiger partial charge in [0.05, 0.1) is 20.6 Å². The Morgan fingerprint density at radius 2 is 1.80 bits per heavy atom. The molecule has 0 rings (SSSR count). The van der Waals surface area contributed by atoms with Gasteiger partial charge in [-0.2, -0.15) is 18.6 Å². The molecule has 2 N–H and O–H groups in total. The van der Waals surface area contributed by atoms with E-state index >= 15 is 0 Å². The number of nitrogens with two attached hydrogens (primary N) is 1. The van der Waals surface area contributed by atoms with Gasteiger partial charge in [0, 0.05) is 0 Å². The van der Waals surface area contributed by atoms with Crippen molar-refractivity contribution in [2.45, 2.75) is 11.7 Å². The Labute approximate surface area is 86.4 Å². The second-order valence-corrected chi connectivity index (χ2v) is 4.13. The van der Waals surface area contributed by atoms with E-state index in [0.717, 1.165) is 14.2 Å². The molecule has 0 saturated heterocycles. The number of ether oxygens (including phenoxy) is 2. The van der Waals surface area contributed by atoms with E-state index in [1.165, 1.54) is 0 Å². The molecule has 0 aromatic rings. The second-order valence-electron chi connectivity index (χ2n) is 2.38. The quantitative estimate of drug-likeness (QED) is 0.447. The normalized spacial score (nSPS) is 13.0. The Hall–Kier alpha value is -1.19. The third-order valence-electron chi connectivity index (χ3n) is 1.53. The molecular weight excluding hydrogens is 230 g/mol. The fourth-order valence-electron chi connectivity index (χ4n) is 0.736. The van der Waals surface area contributed by atoms with Gasteiger partial charge < -0.3 is 9.47 Å². The molecule has 0 aromatic heterocycles. The van der Waals surface area contributed by atoms with Crippen LogP contribution < -0.4 is 5.90 Å². The first-order chi connectivity index (χ1) is 6.88. The van der Waals surface area contributed by atoms with Crippen molar-refractivity contribution in [3.63, 3.8) is 0 Å². The van der Waals surface area contributed by atoms with Gasteiger partial charge in [0.15, 0.2) is 5.25 Å². The monoisotopic (exact) mass is 241 g/mol. The predicted octanol–water partition coefficient (Wildman–Crippen LogP) is -1.69. The number of hydrogen-bond acceptors (Lipinski definition) is 8. The first-order valence-corrected chi connectivity index (χ1v) is 5.13. The maximum atomic E-state index is 11.1. The standard InChI is InChI=1S/C6H11NO7S/c1-12-5(8)3-4(6(9)13-2)15(10,11)14-7/h4H,3,7H2,1-2H3. The topological polar surface area (TPSA) is 122 Å². The van der Waals surface area contributed by atoms with Gasteiger partial charge in [-0.05, 0) is 0 Å². The number of carbonyl (C=O) groups is 2. The third kappa shape index (κ3) is 3.81. The maximum Gasteiger partial charge on any atom is 0.327 e. The molecule has 1 atom stereocenters. The van der Waals surface area contributed by atoms with Crippen LogP contribution in [0.15, 0.2) is 0 Å². The van der Waals surface area contributed by atoms with Gasteiger partial charge in [-0.3, -0.25) is 9.59 Å². The largest absolute Gasteiger partial charge is 0.469 e. The highest BCUT2D eigenvalue weighted by Crippen LogP contribution is 2.09. The molecule has 0 fully saturated rings. The van der Waals surface area contributed by atoms with Crippen molar-refractivity contribution in [2.75, 3.05) is 14.2 Å². The zero-order valence-electron chi connectivity index (χ0n) is 8.13. The highest BCUT2D eigenvalue weighted by atomic mass is 32.2. The fourth-order valence-corrected chi connectivity index (χ4v) is 1.54. The van der Waals surface area contributed by atoms with Crippen molar-refractivity contribution in [1.82, 2.24) is 0 Å². The number of methoxy groups -OCH3 is 2. The lowest BCUT2D eigenvalue weighted by molar-refractivity contribution is -0.146. The summed E-state index contributed by atoms with van der Waals surface area (Å²) in [6, 6.07) is 0. The molecule has 0 aliphatic carbocycles. The molecule has 8 nitrogen and oxygen atoms in total. The van der Waals surface area contributed by atoms with Gasteiger partial charge >= 0.3 is 11.9 Å². The highest BCUT2D eigenvalue weighted by Gasteiger charge is 2.36. The van der Waals surface area contributed by atoms with Crippen molar-refractivity contribution < 1.29 is 31.8 Å². The van der Waals surface area contributed by atoms with Crippen LogP contribution in [0.4, 0.5) is 0 Å².